The Kier molecular flexibility index (Phi) is 4.46. The predicted octanol–water partition coefficient (Wildman–Crippen LogP) is 3.15. The third kappa shape index (κ3) is 4.05. The zero-order valence-electron chi connectivity index (χ0n) is 12.2. The molecule has 22 heavy (non-hydrogen) atoms. The lowest BCUT2D eigenvalue weighted by Gasteiger charge is -2.10. The van der Waals surface area contributed by atoms with Gasteiger partial charge in [-0.15, -0.1) is 0 Å². The number of anilines is 1. The molecule has 2 aromatic rings. The summed E-state index contributed by atoms with van der Waals surface area (Å²) in [5, 5.41) is 10.7. The lowest BCUT2D eigenvalue weighted by Crippen LogP contribution is -2.15. The first-order chi connectivity index (χ1) is 10.3. The summed E-state index contributed by atoms with van der Waals surface area (Å²) in [6, 6.07) is 10.9. The van der Waals surface area contributed by atoms with E-state index in [1.807, 2.05) is 19.9 Å². The molecule has 0 aromatic heterocycles. The average Bonchev–Trinajstić information content (AvgIpc) is 2.42. The maximum atomic E-state index is 12.2. The molecule has 0 unspecified atom stereocenters. The van der Waals surface area contributed by atoms with E-state index < -0.39 is 14.9 Å². The number of hydrogen-bond donors (Lipinski definition) is 1. The van der Waals surface area contributed by atoms with Gasteiger partial charge in [-0.25, -0.2) is 8.42 Å². The zero-order valence-corrected chi connectivity index (χ0v) is 13.1. The summed E-state index contributed by atoms with van der Waals surface area (Å²) in [5.74, 6) is -0.318. The van der Waals surface area contributed by atoms with Gasteiger partial charge < -0.3 is 0 Å². The van der Waals surface area contributed by atoms with Gasteiger partial charge in [-0.2, -0.15) is 0 Å². The van der Waals surface area contributed by atoms with Crippen LogP contribution in [0.25, 0.3) is 0 Å². The Bertz CT molecular complexity index is 816. The Hall–Kier alpha value is -2.41. The molecule has 0 radical (unpaired) electrons. The Morgan fingerprint density at radius 3 is 2.45 bits per heavy atom. The molecule has 1 N–H and O–H groups in total. The molecule has 7 heteroatoms. The molecule has 0 fully saturated rings. The number of sulfonamides is 1. The monoisotopic (exact) mass is 320 g/mol. The fraction of sp³-hybridized carbons (Fsp3) is 0.200. The van der Waals surface area contributed by atoms with E-state index in [2.05, 4.69) is 4.72 Å². The Morgan fingerprint density at radius 1 is 1.09 bits per heavy atom. The van der Waals surface area contributed by atoms with Gasteiger partial charge in [-0.05, 0) is 42.7 Å². The van der Waals surface area contributed by atoms with Gasteiger partial charge in [0.25, 0.3) is 5.69 Å². The van der Waals surface area contributed by atoms with Crippen molar-refractivity contribution >= 4 is 21.4 Å². The van der Waals surface area contributed by atoms with Crippen molar-refractivity contribution in [2.45, 2.75) is 19.6 Å². The molecule has 0 bridgehead atoms. The highest BCUT2D eigenvalue weighted by molar-refractivity contribution is 7.91. The zero-order chi connectivity index (χ0) is 16.3. The van der Waals surface area contributed by atoms with Crippen molar-refractivity contribution in [3.8, 4) is 0 Å². The van der Waals surface area contributed by atoms with Crippen LogP contribution in [0.5, 0.6) is 0 Å². The number of hydrogen-bond acceptors (Lipinski definition) is 4. The number of benzene rings is 2. The number of non-ortho nitro benzene ring substituents is 1. The van der Waals surface area contributed by atoms with E-state index in [-0.39, 0.29) is 11.4 Å². The van der Waals surface area contributed by atoms with Crippen LogP contribution in [-0.2, 0) is 15.8 Å². The molecule has 0 aliphatic carbocycles. The normalized spacial score (nSPS) is 11.2. The fourth-order valence-corrected chi connectivity index (χ4v) is 3.18. The number of nitro groups is 1. The van der Waals surface area contributed by atoms with Gasteiger partial charge in [0.2, 0.25) is 10.0 Å². The molecule has 0 aliphatic rings. The van der Waals surface area contributed by atoms with Crippen LogP contribution in [0.2, 0.25) is 0 Å². The van der Waals surface area contributed by atoms with Gasteiger partial charge in [0.15, 0.2) is 0 Å². The van der Waals surface area contributed by atoms with Crippen LogP contribution in [-0.4, -0.2) is 13.3 Å². The van der Waals surface area contributed by atoms with Crippen molar-refractivity contribution in [3.05, 3.63) is 69.3 Å². The van der Waals surface area contributed by atoms with Crippen LogP contribution < -0.4 is 4.72 Å². The third-order valence-corrected chi connectivity index (χ3v) is 4.52. The van der Waals surface area contributed by atoms with Crippen LogP contribution >= 0.6 is 0 Å². The highest BCUT2D eigenvalue weighted by Gasteiger charge is 2.14. The van der Waals surface area contributed by atoms with Crippen molar-refractivity contribution < 1.29 is 13.3 Å². The highest BCUT2D eigenvalue weighted by atomic mass is 32.2. The van der Waals surface area contributed by atoms with E-state index in [1.54, 1.807) is 18.2 Å². The molecule has 0 amide bonds. The average molecular weight is 320 g/mol. The number of aryl methyl sites for hydroxylation is 2. The Morgan fingerprint density at radius 2 is 1.82 bits per heavy atom. The summed E-state index contributed by atoms with van der Waals surface area (Å²) in [6.45, 7) is 3.84. The molecular formula is C15H16N2O4S. The largest absolute Gasteiger partial charge is 0.283 e. The van der Waals surface area contributed by atoms with E-state index in [0.29, 0.717) is 11.3 Å². The summed E-state index contributed by atoms with van der Waals surface area (Å²) < 4.78 is 26.8. The SMILES string of the molecule is Cc1ccc(NS(=O)(=O)Cc2cccc([N+](=O)[O-])c2)cc1C. The second kappa shape index (κ2) is 6.15. The van der Waals surface area contributed by atoms with Gasteiger partial charge in [0.05, 0.1) is 10.7 Å². The summed E-state index contributed by atoms with van der Waals surface area (Å²) in [7, 11) is -3.63. The topological polar surface area (TPSA) is 89.3 Å². The molecule has 6 nitrogen and oxygen atoms in total. The van der Waals surface area contributed by atoms with Crippen molar-refractivity contribution in [2.75, 3.05) is 4.72 Å². The van der Waals surface area contributed by atoms with Crippen molar-refractivity contribution in [1.82, 2.24) is 0 Å². The quantitative estimate of drug-likeness (QED) is 0.677. The van der Waals surface area contributed by atoms with Crippen LogP contribution in [0, 0.1) is 24.0 Å². The lowest BCUT2D eigenvalue weighted by molar-refractivity contribution is -0.384. The van der Waals surface area contributed by atoms with Gasteiger partial charge in [-0.3, -0.25) is 14.8 Å². The fourth-order valence-electron chi connectivity index (χ4n) is 2.00. The van der Waals surface area contributed by atoms with E-state index in [4.69, 9.17) is 0 Å². The molecule has 0 heterocycles. The van der Waals surface area contributed by atoms with Crippen molar-refractivity contribution in [1.29, 1.82) is 0 Å². The molecule has 0 spiro atoms. The molecule has 2 rings (SSSR count). The predicted molar refractivity (Wildman–Crippen MR) is 85.3 cm³/mol. The van der Waals surface area contributed by atoms with Crippen molar-refractivity contribution in [3.63, 3.8) is 0 Å². The van der Waals surface area contributed by atoms with Crippen LogP contribution in [0.15, 0.2) is 42.5 Å². The second-order valence-corrected chi connectivity index (χ2v) is 6.81. The molecule has 116 valence electrons. The summed E-state index contributed by atoms with van der Waals surface area (Å²) in [5.41, 5.74) is 2.77. The Balaban J connectivity index is 2.19. The van der Waals surface area contributed by atoms with Crippen LogP contribution in [0.1, 0.15) is 16.7 Å². The lowest BCUT2D eigenvalue weighted by atomic mass is 10.1. The summed E-state index contributed by atoms with van der Waals surface area (Å²) in [6.07, 6.45) is 0. The second-order valence-electron chi connectivity index (χ2n) is 5.09. The van der Waals surface area contributed by atoms with Crippen LogP contribution in [0.3, 0.4) is 0 Å². The summed E-state index contributed by atoms with van der Waals surface area (Å²) in [4.78, 5) is 10.2. The number of nitrogens with zero attached hydrogens (tertiary/aromatic N) is 1. The van der Waals surface area contributed by atoms with Gasteiger partial charge in [-0.1, -0.05) is 18.2 Å². The number of nitro benzene ring substituents is 1. The van der Waals surface area contributed by atoms with E-state index >= 15 is 0 Å². The van der Waals surface area contributed by atoms with Gasteiger partial charge >= 0.3 is 0 Å². The molecule has 0 aliphatic heterocycles. The van der Waals surface area contributed by atoms with E-state index in [9.17, 15) is 18.5 Å². The molecule has 0 saturated heterocycles. The minimum Gasteiger partial charge on any atom is -0.283 e. The standard InChI is InChI=1S/C15H16N2O4S/c1-11-6-7-14(8-12(11)2)16-22(20,21)10-13-4-3-5-15(9-13)17(18)19/h3-9,16H,10H2,1-2H3. The highest BCUT2D eigenvalue weighted by Crippen LogP contribution is 2.19. The number of rotatable bonds is 5. The molecule has 0 atom stereocenters. The Labute approximate surface area is 129 Å². The number of nitrogens with one attached hydrogen (secondary N) is 1. The molecule has 2 aromatic carbocycles. The molecular weight excluding hydrogens is 304 g/mol. The first-order valence-electron chi connectivity index (χ1n) is 6.58. The van der Waals surface area contributed by atoms with Crippen LogP contribution in [0.4, 0.5) is 11.4 Å². The first kappa shape index (κ1) is 16.0. The summed E-state index contributed by atoms with van der Waals surface area (Å²) >= 11 is 0. The maximum absolute atomic E-state index is 12.2. The smallest absolute Gasteiger partial charge is 0.269 e. The minimum absolute atomic E-state index is 0.126. The first-order valence-corrected chi connectivity index (χ1v) is 8.23. The van der Waals surface area contributed by atoms with E-state index in [0.717, 1.165) is 11.1 Å². The maximum Gasteiger partial charge on any atom is 0.269 e. The van der Waals surface area contributed by atoms with Gasteiger partial charge in [0.1, 0.15) is 0 Å². The van der Waals surface area contributed by atoms with Crippen molar-refractivity contribution in [2.24, 2.45) is 0 Å². The molecule has 0 saturated carbocycles. The third-order valence-electron chi connectivity index (χ3n) is 3.26. The van der Waals surface area contributed by atoms with Gasteiger partial charge in [0, 0.05) is 17.8 Å². The minimum atomic E-state index is -3.63. The van der Waals surface area contributed by atoms with E-state index in [1.165, 1.54) is 18.2 Å².